The molecule has 0 saturated heterocycles. The zero-order chi connectivity index (χ0) is 18.9. The Kier molecular flexibility index (Phi) is 2.80. The Morgan fingerprint density at radius 1 is 0.448 bits per heavy atom. The first-order chi connectivity index (χ1) is 14.4. The third-order valence-corrected chi connectivity index (χ3v) is 6.33. The molecular formula is C28H17N. The highest BCUT2D eigenvalue weighted by atomic mass is 14.7. The molecule has 0 aliphatic carbocycles. The summed E-state index contributed by atoms with van der Waals surface area (Å²) in [6, 6.07) is 35.3. The molecule has 1 N–H and O–H groups in total. The van der Waals surface area contributed by atoms with Gasteiger partial charge in [-0.25, -0.2) is 0 Å². The number of nitrogens with one attached hydrogen (secondary N) is 1. The summed E-state index contributed by atoms with van der Waals surface area (Å²) in [6.07, 6.45) is 0. The minimum absolute atomic E-state index is 1.18. The smallest absolute Gasteiger partial charge is 0.0471 e. The Hall–Kier alpha value is -3.84. The van der Waals surface area contributed by atoms with Gasteiger partial charge in [-0.05, 0) is 49.8 Å². The van der Waals surface area contributed by atoms with E-state index in [0.29, 0.717) is 0 Å². The Morgan fingerprint density at radius 3 is 1.90 bits per heavy atom. The number of aromatic nitrogens is 1. The third-order valence-electron chi connectivity index (χ3n) is 6.33. The molecule has 0 amide bonds. The quantitative estimate of drug-likeness (QED) is 0.224. The molecule has 1 heteroatoms. The summed E-state index contributed by atoms with van der Waals surface area (Å²) in [7, 11) is 0. The maximum atomic E-state index is 3.65. The van der Waals surface area contributed by atoms with Gasteiger partial charge in [0.2, 0.25) is 0 Å². The fourth-order valence-electron chi connectivity index (χ4n) is 5.10. The van der Waals surface area contributed by atoms with Crippen molar-refractivity contribution >= 4 is 54.0 Å². The number of hydrogen-bond acceptors (Lipinski definition) is 0. The Balaban J connectivity index is 1.77. The van der Waals surface area contributed by atoms with Gasteiger partial charge in [0.15, 0.2) is 0 Å². The molecule has 0 atom stereocenters. The molecule has 0 aliphatic rings. The lowest BCUT2D eigenvalue weighted by atomic mass is 9.87. The summed E-state index contributed by atoms with van der Waals surface area (Å²) in [6.45, 7) is 0. The molecule has 0 saturated carbocycles. The van der Waals surface area contributed by atoms with Gasteiger partial charge in [-0.1, -0.05) is 84.9 Å². The van der Waals surface area contributed by atoms with Crippen molar-refractivity contribution in [2.75, 3.05) is 0 Å². The van der Waals surface area contributed by atoms with Crippen LogP contribution in [-0.4, -0.2) is 4.98 Å². The summed E-state index contributed by atoms with van der Waals surface area (Å²) < 4.78 is 0. The lowest BCUT2D eigenvalue weighted by Gasteiger charge is -2.16. The first-order valence-electron chi connectivity index (χ1n) is 10.0. The summed E-state index contributed by atoms with van der Waals surface area (Å²) in [5.74, 6) is 0. The van der Waals surface area contributed by atoms with Crippen LogP contribution in [0.5, 0.6) is 0 Å². The van der Waals surface area contributed by atoms with Gasteiger partial charge in [0.05, 0.1) is 0 Å². The third kappa shape index (κ3) is 1.94. The van der Waals surface area contributed by atoms with Crippen LogP contribution < -0.4 is 0 Å². The van der Waals surface area contributed by atoms with Crippen LogP contribution in [0, 0.1) is 0 Å². The lowest BCUT2D eigenvalue weighted by molar-refractivity contribution is 1.47. The zero-order valence-corrected chi connectivity index (χ0v) is 15.7. The molecule has 7 rings (SSSR count). The topological polar surface area (TPSA) is 15.8 Å². The summed E-state index contributed by atoms with van der Waals surface area (Å²) in [4.78, 5) is 3.65. The Bertz CT molecular complexity index is 1660. The number of rotatable bonds is 1. The normalized spacial score (nSPS) is 12.1. The summed E-state index contributed by atoms with van der Waals surface area (Å²) >= 11 is 0. The number of para-hydroxylation sites is 1. The van der Waals surface area contributed by atoms with Gasteiger partial charge in [0, 0.05) is 27.5 Å². The molecule has 7 aromatic rings. The zero-order valence-electron chi connectivity index (χ0n) is 15.7. The molecule has 1 aromatic heterocycles. The first-order valence-corrected chi connectivity index (χ1v) is 10.0. The lowest BCUT2D eigenvalue weighted by Crippen LogP contribution is -1.89. The maximum absolute atomic E-state index is 3.65. The van der Waals surface area contributed by atoms with E-state index in [1.54, 1.807) is 0 Å². The highest BCUT2D eigenvalue weighted by Gasteiger charge is 2.16. The van der Waals surface area contributed by atoms with E-state index < -0.39 is 0 Å². The first kappa shape index (κ1) is 15.1. The predicted octanol–water partition coefficient (Wildman–Crippen LogP) is 7.89. The van der Waals surface area contributed by atoms with E-state index in [0.717, 1.165) is 0 Å². The van der Waals surface area contributed by atoms with Crippen LogP contribution >= 0.6 is 0 Å². The minimum Gasteiger partial charge on any atom is -0.355 e. The molecule has 0 unspecified atom stereocenters. The van der Waals surface area contributed by atoms with E-state index in [4.69, 9.17) is 0 Å². The van der Waals surface area contributed by atoms with Gasteiger partial charge in [-0.3, -0.25) is 0 Å². The standard InChI is InChI=1S/C28H17N/c1-2-13-24-19(6-1)16-25(29-24)22-15-14-18-9-4-11-21-20-10-3-7-17-8-5-12-23(26(17)20)28(22)27(18)21/h1-16,29H. The van der Waals surface area contributed by atoms with E-state index in [2.05, 4.69) is 102 Å². The molecule has 134 valence electrons. The number of aromatic amines is 1. The van der Waals surface area contributed by atoms with E-state index in [-0.39, 0.29) is 0 Å². The van der Waals surface area contributed by atoms with Crippen molar-refractivity contribution in [3.05, 3.63) is 97.1 Å². The van der Waals surface area contributed by atoms with Gasteiger partial charge in [0.25, 0.3) is 0 Å². The molecule has 1 nitrogen and oxygen atoms in total. The number of H-pyrrole nitrogens is 1. The highest BCUT2D eigenvalue weighted by Crippen LogP contribution is 2.44. The van der Waals surface area contributed by atoms with Crippen molar-refractivity contribution in [3.8, 4) is 11.3 Å². The van der Waals surface area contributed by atoms with E-state index in [1.165, 1.54) is 65.3 Å². The number of hydrogen-bond donors (Lipinski definition) is 1. The van der Waals surface area contributed by atoms with Gasteiger partial charge in [-0.2, -0.15) is 0 Å². The average molecular weight is 367 g/mol. The van der Waals surface area contributed by atoms with Crippen LogP contribution in [0.25, 0.3) is 65.3 Å². The molecule has 0 bridgehead atoms. The molecule has 29 heavy (non-hydrogen) atoms. The summed E-state index contributed by atoms with van der Waals surface area (Å²) in [5, 5.41) is 11.9. The van der Waals surface area contributed by atoms with Crippen LogP contribution in [0.1, 0.15) is 0 Å². The van der Waals surface area contributed by atoms with Crippen LogP contribution in [0.2, 0.25) is 0 Å². The predicted molar refractivity (Wildman–Crippen MR) is 125 cm³/mol. The minimum atomic E-state index is 1.18. The van der Waals surface area contributed by atoms with Crippen LogP contribution in [0.4, 0.5) is 0 Å². The molecular weight excluding hydrogens is 350 g/mol. The molecule has 0 spiro atoms. The van der Waals surface area contributed by atoms with Crippen molar-refractivity contribution in [1.82, 2.24) is 4.98 Å². The second-order valence-electron chi connectivity index (χ2n) is 7.87. The van der Waals surface area contributed by atoms with E-state index >= 15 is 0 Å². The number of fused-ring (bicyclic) bond motifs is 3. The van der Waals surface area contributed by atoms with Crippen LogP contribution in [0.3, 0.4) is 0 Å². The fourth-order valence-corrected chi connectivity index (χ4v) is 5.10. The summed E-state index contributed by atoms with van der Waals surface area (Å²) in [5.41, 5.74) is 3.62. The van der Waals surface area contributed by atoms with Gasteiger partial charge in [-0.15, -0.1) is 0 Å². The van der Waals surface area contributed by atoms with Gasteiger partial charge in [0.1, 0.15) is 0 Å². The van der Waals surface area contributed by atoms with Gasteiger partial charge >= 0.3 is 0 Å². The molecule has 0 aliphatic heterocycles. The van der Waals surface area contributed by atoms with E-state index in [9.17, 15) is 0 Å². The van der Waals surface area contributed by atoms with Crippen molar-refractivity contribution in [1.29, 1.82) is 0 Å². The largest absolute Gasteiger partial charge is 0.355 e. The monoisotopic (exact) mass is 367 g/mol. The SMILES string of the molecule is c1ccc2[nH]c(-c3ccc4cccc5c6cccc7cccc(c3c45)c76)cc2c1. The maximum Gasteiger partial charge on any atom is 0.0471 e. The Morgan fingerprint density at radius 2 is 1.10 bits per heavy atom. The molecule has 0 radical (unpaired) electrons. The van der Waals surface area contributed by atoms with Crippen LogP contribution in [0.15, 0.2) is 97.1 Å². The van der Waals surface area contributed by atoms with Crippen LogP contribution in [-0.2, 0) is 0 Å². The highest BCUT2D eigenvalue weighted by molar-refractivity contribution is 6.35. The second kappa shape index (κ2) is 5.36. The Labute approximate surface area is 167 Å². The second-order valence-corrected chi connectivity index (χ2v) is 7.87. The number of benzene rings is 6. The average Bonchev–Trinajstić information content (AvgIpc) is 3.21. The van der Waals surface area contributed by atoms with E-state index in [1.807, 2.05) is 0 Å². The van der Waals surface area contributed by atoms with Crippen molar-refractivity contribution in [3.63, 3.8) is 0 Å². The molecule has 1 heterocycles. The van der Waals surface area contributed by atoms with Crippen molar-refractivity contribution in [2.24, 2.45) is 0 Å². The molecule has 0 fully saturated rings. The van der Waals surface area contributed by atoms with Gasteiger partial charge < -0.3 is 4.98 Å². The fraction of sp³-hybridized carbons (Fsp3) is 0. The van der Waals surface area contributed by atoms with Crippen molar-refractivity contribution in [2.45, 2.75) is 0 Å². The van der Waals surface area contributed by atoms with Crippen molar-refractivity contribution < 1.29 is 0 Å². The molecule has 6 aromatic carbocycles.